The van der Waals surface area contributed by atoms with E-state index >= 15 is 0 Å². The molecule has 0 fully saturated rings. The van der Waals surface area contributed by atoms with Crippen LogP contribution in [0.1, 0.15) is 18.9 Å². The van der Waals surface area contributed by atoms with E-state index in [4.69, 9.17) is 5.26 Å². The first-order valence-corrected chi connectivity index (χ1v) is 11.4. The van der Waals surface area contributed by atoms with Gasteiger partial charge in [-0.2, -0.15) is 5.26 Å². The summed E-state index contributed by atoms with van der Waals surface area (Å²) in [5.41, 5.74) is 1.96. The largest absolute Gasteiger partial charge is 0.481 e. The van der Waals surface area contributed by atoms with Crippen molar-refractivity contribution < 1.29 is 22.7 Å². The molecule has 0 aliphatic carbocycles. The Hall–Kier alpha value is -4.03. The number of carbonyl (C=O) groups is 1. The van der Waals surface area contributed by atoms with E-state index < -0.39 is 39.0 Å². The monoisotopic (exact) mass is 463 g/mol. The van der Waals surface area contributed by atoms with E-state index in [9.17, 15) is 22.7 Å². The molecule has 0 saturated heterocycles. The Morgan fingerprint density at radius 3 is 2.55 bits per heavy atom. The molecule has 4 rings (SSSR count). The smallest absolute Gasteiger partial charge is 0.307 e. The standard InChI is InChI=1S/C24H18FN3O4S/c1-14-19(12-22(29)30)23-21(27-14)10-9-20(25)24(23)33(31,32)18-7-5-16(6-8-18)28-17-4-2-3-15(11-17)13-26/h2-11,14,28H,12H2,1H3,(H,29,30). The van der Waals surface area contributed by atoms with Crippen LogP contribution in [0.4, 0.5) is 15.8 Å². The first-order chi connectivity index (χ1) is 15.7. The number of fused-ring (bicyclic) bond motifs is 1. The number of nitrogens with zero attached hydrogens (tertiary/aromatic N) is 2. The highest BCUT2D eigenvalue weighted by atomic mass is 32.2. The molecule has 0 radical (unpaired) electrons. The third-order valence-corrected chi connectivity index (χ3v) is 7.13. The van der Waals surface area contributed by atoms with Crippen LogP contribution in [-0.2, 0) is 14.6 Å². The van der Waals surface area contributed by atoms with Crippen LogP contribution in [0.3, 0.4) is 0 Å². The van der Waals surface area contributed by atoms with E-state index in [-0.39, 0.29) is 21.0 Å². The van der Waals surface area contributed by atoms with Crippen molar-refractivity contribution in [2.75, 3.05) is 5.32 Å². The van der Waals surface area contributed by atoms with Gasteiger partial charge in [0.15, 0.2) is 0 Å². The van der Waals surface area contributed by atoms with Gasteiger partial charge in [-0.05, 0) is 67.1 Å². The van der Waals surface area contributed by atoms with E-state index in [0.717, 1.165) is 6.07 Å². The van der Waals surface area contributed by atoms with Gasteiger partial charge >= 0.3 is 5.97 Å². The third kappa shape index (κ3) is 4.21. The molecule has 1 unspecified atom stereocenters. The van der Waals surface area contributed by atoms with Gasteiger partial charge < -0.3 is 10.4 Å². The number of hydrogen-bond donors (Lipinski definition) is 2. The molecule has 0 spiro atoms. The van der Waals surface area contributed by atoms with Crippen LogP contribution in [0.25, 0.3) is 5.57 Å². The number of nitriles is 1. The number of carboxylic acid groups (broad SMARTS) is 1. The molecule has 0 aromatic heterocycles. The summed E-state index contributed by atoms with van der Waals surface area (Å²) >= 11 is 0. The van der Waals surface area contributed by atoms with Gasteiger partial charge in [0.05, 0.1) is 34.3 Å². The van der Waals surface area contributed by atoms with Crippen LogP contribution in [0.5, 0.6) is 0 Å². The summed E-state index contributed by atoms with van der Waals surface area (Å²) in [4.78, 5) is 14.9. The minimum absolute atomic E-state index is 0.0282. The highest BCUT2D eigenvalue weighted by Gasteiger charge is 2.29. The SMILES string of the molecule is CC1N=c2ccc(F)c(S(=O)(=O)c3ccc(Nc4cccc(C#N)c4)cc3)c2=C1CC(=O)O. The summed E-state index contributed by atoms with van der Waals surface area (Å²) in [7, 11) is -4.31. The minimum atomic E-state index is -4.31. The molecule has 1 atom stereocenters. The number of hydrogen-bond acceptors (Lipinski definition) is 6. The second-order valence-electron chi connectivity index (χ2n) is 7.52. The number of halogens is 1. The van der Waals surface area contributed by atoms with Crippen molar-refractivity contribution >= 4 is 32.8 Å². The van der Waals surface area contributed by atoms with E-state index in [1.807, 2.05) is 6.07 Å². The molecule has 2 N–H and O–H groups in total. The fourth-order valence-electron chi connectivity index (χ4n) is 3.79. The maximum absolute atomic E-state index is 14.9. The number of anilines is 2. The van der Waals surface area contributed by atoms with Crippen LogP contribution < -0.4 is 15.9 Å². The zero-order chi connectivity index (χ0) is 23.8. The molecule has 3 aromatic carbocycles. The van der Waals surface area contributed by atoms with Crippen LogP contribution in [0.2, 0.25) is 0 Å². The molecule has 0 saturated carbocycles. The summed E-state index contributed by atoms with van der Waals surface area (Å²) in [5, 5.41) is 21.6. The molecule has 1 heterocycles. The van der Waals surface area contributed by atoms with Crippen molar-refractivity contribution in [3.8, 4) is 6.07 Å². The van der Waals surface area contributed by atoms with Gasteiger partial charge in [0.25, 0.3) is 0 Å². The number of rotatable bonds is 6. The van der Waals surface area contributed by atoms with Crippen molar-refractivity contribution in [1.82, 2.24) is 0 Å². The molecular weight excluding hydrogens is 445 g/mol. The van der Waals surface area contributed by atoms with Gasteiger partial charge in [-0.1, -0.05) is 6.07 Å². The molecular formula is C24H18FN3O4S. The lowest BCUT2D eigenvalue weighted by atomic mass is 10.0. The van der Waals surface area contributed by atoms with Crippen molar-refractivity contribution in [3.05, 3.63) is 82.6 Å². The average molecular weight is 463 g/mol. The van der Waals surface area contributed by atoms with Crippen molar-refractivity contribution in [3.63, 3.8) is 0 Å². The van der Waals surface area contributed by atoms with Crippen LogP contribution in [0, 0.1) is 17.1 Å². The summed E-state index contributed by atoms with van der Waals surface area (Å²) < 4.78 is 41.7. The Labute approximate surface area is 189 Å². The van der Waals surface area contributed by atoms with Gasteiger partial charge in [-0.15, -0.1) is 0 Å². The van der Waals surface area contributed by atoms with Crippen molar-refractivity contribution in [2.24, 2.45) is 4.99 Å². The van der Waals surface area contributed by atoms with Gasteiger partial charge in [0, 0.05) is 16.6 Å². The Morgan fingerprint density at radius 1 is 1.15 bits per heavy atom. The summed E-state index contributed by atoms with van der Waals surface area (Å²) in [6, 6.07) is 16.4. The number of nitrogens with one attached hydrogen (secondary N) is 1. The van der Waals surface area contributed by atoms with Gasteiger partial charge in [0.1, 0.15) is 10.7 Å². The van der Waals surface area contributed by atoms with E-state index in [2.05, 4.69) is 10.3 Å². The zero-order valence-corrected chi connectivity index (χ0v) is 18.2. The molecule has 1 aliphatic heterocycles. The lowest BCUT2D eigenvalue weighted by molar-refractivity contribution is -0.135. The first kappa shape index (κ1) is 22.2. The lowest BCUT2D eigenvalue weighted by Crippen LogP contribution is -2.32. The Morgan fingerprint density at radius 2 is 1.88 bits per heavy atom. The Bertz CT molecular complexity index is 1540. The first-order valence-electron chi connectivity index (χ1n) is 9.94. The topological polar surface area (TPSA) is 120 Å². The molecule has 166 valence electrons. The maximum Gasteiger partial charge on any atom is 0.307 e. The summed E-state index contributed by atoms with van der Waals surface area (Å²) in [6.07, 6.45) is -0.436. The van der Waals surface area contributed by atoms with Gasteiger partial charge in [-0.3, -0.25) is 9.79 Å². The second kappa shape index (κ2) is 8.48. The fourth-order valence-corrected chi connectivity index (χ4v) is 5.35. The maximum atomic E-state index is 14.9. The highest BCUT2D eigenvalue weighted by Crippen LogP contribution is 2.25. The molecule has 9 heteroatoms. The van der Waals surface area contributed by atoms with E-state index in [1.54, 1.807) is 31.2 Å². The second-order valence-corrected chi connectivity index (χ2v) is 9.40. The Kier molecular flexibility index (Phi) is 5.70. The molecule has 1 aliphatic rings. The predicted octanol–water partition coefficient (Wildman–Crippen LogP) is 2.92. The van der Waals surface area contributed by atoms with Crippen molar-refractivity contribution in [1.29, 1.82) is 5.26 Å². The highest BCUT2D eigenvalue weighted by molar-refractivity contribution is 7.91. The number of benzene rings is 3. The molecule has 33 heavy (non-hydrogen) atoms. The number of carboxylic acids is 1. The molecule has 3 aromatic rings. The fraction of sp³-hybridized carbons (Fsp3) is 0.125. The normalized spacial score (nSPS) is 14.8. The number of aliphatic carboxylic acids is 1. The van der Waals surface area contributed by atoms with Crippen LogP contribution in [-0.4, -0.2) is 25.5 Å². The Balaban J connectivity index is 1.77. The van der Waals surface area contributed by atoms with E-state index in [0.29, 0.717) is 16.9 Å². The van der Waals surface area contributed by atoms with Gasteiger partial charge in [0.2, 0.25) is 9.84 Å². The quantitative estimate of drug-likeness (QED) is 0.580. The van der Waals surface area contributed by atoms with Crippen molar-refractivity contribution in [2.45, 2.75) is 29.2 Å². The minimum Gasteiger partial charge on any atom is -0.481 e. The zero-order valence-electron chi connectivity index (χ0n) is 17.4. The average Bonchev–Trinajstić information content (AvgIpc) is 3.08. The number of sulfone groups is 1. The molecule has 0 amide bonds. The predicted molar refractivity (Wildman–Crippen MR) is 119 cm³/mol. The summed E-state index contributed by atoms with van der Waals surface area (Å²) in [6.45, 7) is 1.65. The lowest BCUT2D eigenvalue weighted by Gasteiger charge is -2.11. The molecule has 0 bridgehead atoms. The third-order valence-electron chi connectivity index (χ3n) is 5.30. The van der Waals surface area contributed by atoms with Crippen LogP contribution in [0.15, 0.2) is 75.4 Å². The van der Waals surface area contributed by atoms with E-state index in [1.165, 1.54) is 30.3 Å². The van der Waals surface area contributed by atoms with Gasteiger partial charge in [-0.25, -0.2) is 12.8 Å². The van der Waals surface area contributed by atoms with Crippen LogP contribution >= 0.6 is 0 Å². The molecule has 7 nitrogen and oxygen atoms in total. The summed E-state index contributed by atoms with van der Waals surface area (Å²) in [5.74, 6) is -2.11.